The van der Waals surface area contributed by atoms with E-state index in [1.807, 2.05) is 21.3 Å². The number of carboxylic acid groups (broad SMARTS) is 3. The molecule has 364 valence electrons. The molecule has 0 saturated carbocycles. The number of carbonyl (C=O) groups is 14. The number of carboxylic acids is 3. The number of hydrogen-bond donors (Lipinski definition) is 16. The van der Waals surface area contributed by atoms with Gasteiger partial charge in [0.15, 0.2) is 0 Å². The van der Waals surface area contributed by atoms with E-state index in [-0.39, 0.29) is 0 Å². The normalized spacial score (nSPS) is 15.4. The topological polar surface area (TPSA) is 514 Å². The number of amides is 11. The Morgan fingerprint density at radius 1 is 0.415 bits per heavy atom. The molecule has 0 fully saturated rings. The number of carbonyl (C=O) groups excluding carboxylic acids is 11. The molecule has 11 amide bonds. The summed E-state index contributed by atoms with van der Waals surface area (Å²) in [4.78, 5) is 173. The van der Waals surface area contributed by atoms with Gasteiger partial charge in [0.1, 0.15) is 48.3 Å². The van der Waals surface area contributed by atoms with Crippen LogP contribution in [0.25, 0.3) is 0 Å². The average Bonchev–Trinajstić information content (AvgIpc) is 3.16. The first-order chi connectivity index (χ1) is 30.0. The van der Waals surface area contributed by atoms with Crippen LogP contribution in [-0.4, -0.2) is 169 Å². The van der Waals surface area contributed by atoms with E-state index in [9.17, 15) is 92.7 Å². The largest absolute Gasteiger partial charge is 0.481 e. The Morgan fingerprint density at radius 3 is 1.15 bits per heavy atom. The van der Waals surface area contributed by atoms with Gasteiger partial charge in [-0.1, -0.05) is 0 Å². The Labute approximate surface area is 368 Å². The van der Waals surface area contributed by atoms with Crippen molar-refractivity contribution in [3.8, 4) is 0 Å². The molecule has 0 saturated heterocycles. The molecule has 0 aliphatic heterocycles. The van der Waals surface area contributed by atoms with Crippen LogP contribution in [0.15, 0.2) is 0 Å². The molecule has 0 rings (SSSR count). The Bertz CT molecular complexity index is 1840. The quantitative estimate of drug-likeness (QED) is 0.0318. The number of hydrogen-bond acceptors (Lipinski definition) is 16. The van der Waals surface area contributed by atoms with Gasteiger partial charge in [0.2, 0.25) is 65.0 Å². The van der Waals surface area contributed by atoms with Crippen LogP contribution in [0.1, 0.15) is 72.6 Å². The van der Waals surface area contributed by atoms with Crippen LogP contribution in [0, 0.1) is 0 Å². The van der Waals surface area contributed by atoms with Gasteiger partial charge in [-0.25, -0.2) is 0 Å². The van der Waals surface area contributed by atoms with Crippen molar-refractivity contribution in [2.24, 2.45) is 17.2 Å². The summed E-state index contributed by atoms with van der Waals surface area (Å²) in [6.45, 7) is 4.19. The van der Waals surface area contributed by atoms with Gasteiger partial charge in [-0.15, -0.1) is 0 Å². The molecule has 0 bridgehead atoms. The van der Waals surface area contributed by atoms with Crippen molar-refractivity contribution < 1.29 is 92.7 Å². The van der Waals surface area contributed by atoms with Crippen molar-refractivity contribution in [1.29, 1.82) is 0 Å². The number of aliphatic hydroxyl groups excluding tert-OH is 2. The molecule has 30 heteroatoms. The fourth-order valence-corrected chi connectivity index (χ4v) is 5.33. The Kier molecular flexibility index (Phi) is 24.4. The number of nitrogens with one attached hydrogen (secondary N) is 8. The molecule has 0 aliphatic rings. The van der Waals surface area contributed by atoms with Gasteiger partial charge < -0.3 is 85.3 Å². The molecule has 0 heterocycles. The molecule has 0 radical (unpaired) electrons. The maximum absolute atomic E-state index is 13.4. The van der Waals surface area contributed by atoms with Gasteiger partial charge in [-0.2, -0.15) is 0 Å². The third kappa shape index (κ3) is 22.4. The fraction of sp³-hybridized carbons (Fsp3) is 0.600. The van der Waals surface area contributed by atoms with E-state index in [0.29, 0.717) is 0 Å². The van der Waals surface area contributed by atoms with E-state index in [4.69, 9.17) is 17.2 Å². The van der Waals surface area contributed by atoms with Crippen LogP contribution in [-0.2, 0) is 67.1 Å². The van der Waals surface area contributed by atoms with E-state index in [1.165, 1.54) is 0 Å². The zero-order chi connectivity index (χ0) is 50.5. The molecule has 0 unspecified atom stereocenters. The maximum Gasteiger partial charge on any atom is 0.305 e. The maximum atomic E-state index is 13.4. The fourth-order valence-electron chi connectivity index (χ4n) is 5.33. The summed E-state index contributed by atoms with van der Waals surface area (Å²) in [5, 5.41) is 64.3. The molecule has 65 heavy (non-hydrogen) atoms. The summed E-state index contributed by atoms with van der Waals surface area (Å²) in [7, 11) is 0. The summed E-state index contributed by atoms with van der Waals surface area (Å²) in [5.41, 5.74) is 15.4. The predicted octanol–water partition coefficient (Wildman–Crippen LogP) is -8.89. The lowest BCUT2D eigenvalue weighted by atomic mass is 10.1. The lowest BCUT2D eigenvalue weighted by Crippen LogP contribution is -2.61. The number of aliphatic carboxylic acids is 3. The molecule has 0 aromatic carbocycles. The first-order valence-corrected chi connectivity index (χ1v) is 19.2. The minimum absolute atomic E-state index is 0.529. The van der Waals surface area contributed by atoms with Gasteiger partial charge in [0, 0.05) is 19.8 Å². The Morgan fingerprint density at radius 2 is 0.785 bits per heavy atom. The molecule has 10 atom stereocenters. The van der Waals surface area contributed by atoms with Crippen molar-refractivity contribution in [1.82, 2.24) is 42.5 Å². The zero-order valence-corrected chi connectivity index (χ0v) is 35.4. The monoisotopic (exact) mass is 933 g/mol. The third-order valence-electron chi connectivity index (χ3n) is 8.62. The SMILES string of the molecule is CC(=O)N[C@H](C(=O)N[C@@H](CCC(N)=O)C(=O)N[C@@H](CC(=O)O)C(=O)N[C@@H](C)C(=O)N[C@@H](CCC(=O)O)C(=O)N[C@@H](CC(=O)O)C(=O)N[C@@H](CC(N)=O)C(=O)N[C@H](C(N)=O)[C@@H](C)O)[C@@H](C)O. The lowest BCUT2D eigenvalue weighted by Gasteiger charge is -2.27. The molecule has 0 aliphatic carbocycles. The van der Waals surface area contributed by atoms with Crippen LogP contribution in [0.5, 0.6) is 0 Å². The molecule has 0 aromatic heterocycles. The van der Waals surface area contributed by atoms with Crippen molar-refractivity contribution >= 4 is 82.9 Å². The molecule has 0 aromatic rings. The number of primary amides is 3. The summed E-state index contributed by atoms with van der Waals surface area (Å²) in [6.07, 6.45) is -9.10. The molecular weight excluding hydrogens is 878 g/mol. The van der Waals surface area contributed by atoms with Crippen LogP contribution in [0.4, 0.5) is 0 Å². The summed E-state index contributed by atoms with van der Waals surface area (Å²) in [5.74, 6) is -18.3. The molecule has 19 N–H and O–H groups in total. The Balaban J connectivity index is 6.40. The van der Waals surface area contributed by atoms with Crippen molar-refractivity contribution in [3.05, 3.63) is 0 Å². The highest BCUT2D eigenvalue weighted by Crippen LogP contribution is 2.07. The summed E-state index contributed by atoms with van der Waals surface area (Å²) in [6, 6.07) is -14.9. The standard InChI is InChI=1S/C35H55N11O19/c1-12(39-32(62)19(10-24(54)55)44-30(60)16(5-7-21(36)50)42-35(65)27(14(3)48)40-15(4)49)29(59)41-17(6-8-23(52)53)31(61)45-20(11-25(56)57)33(63)43-18(9-22(37)51)34(64)46-26(13(2)47)28(38)58/h12-14,16-20,26-27,47-48H,5-11H2,1-4H3,(H2,36,50)(H2,37,51)(H2,38,58)(H,39,62)(H,40,49)(H,41,59)(H,42,65)(H,43,63)(H,44,60)(H,45,61)(H,46,64)(H,52,53)(H,54,55)(H,56,57)/t12-,13+,14+,16-,17-,18-,19-,20-,26-,27-/m0/s1. The smallest absolute Gasteiger partial charge is 0.305 e. The van der Waals surface area contributed by atoms with E-state index in [0.717, 1.165) is 27.7 Å². The van der Waals surface area contributed by atoms with E-state index in [1.54, 1.807) is 0 Å². The predicted molar refractivity (Wildman–Crippen MR) is 213 cm³/mol. The van der Waals surface area contributed by atoms with E-state index >= 15 is 0 Å². The number of nitrogens with two attached hydrogens (primary N) is 3. The van der Waals surface area contributed by atoms with Crippen molar-refractivity contribution in [3.63, 3.8) is 0 Å². The van der Waals surface area contributed by atoms with Gasteiger partial charge in [-0.05, 0) is 33.6 Å². The van der Waals surface area contributed by atoms with Gasteiger partial charge >= 0.3 is 17.9 Å². The van der Waals surface area contributed by atoms with E-state index < -0.39 is 188 Å². The van der Waals surface area contributed by atoms with E-state index in [2.05, 4.69) is 21.3 Å². The minimum Gasteiger partial charge on any atom is -0.481 e. The first kappa shape index (κ1) is 57.5. The zero-order valence-electron chi connectivity index (χ0n) is 35.4. The highest BCUT2D eigenvalue weighted by molar-refractivity contribution is 6.00. The second-order valence-electron chi connectivity index (χ2n) is 14.4. The number of rotatable bonds is 30. The van der Waals surface area contributed by atoms with Crippen LogP contribution >= 0.6 is 0 Å². The Hall–Kier alpha value is -7.50. The average molecular weight is 934 g/mol. The lowest BCUT2D eigenvalue weighted by molar-refractivity contribution is -0.142. The van der Waals surface area contributed by atoms with Crippen molar-refractivity contribution in [2.45, 2.75) is 133 Å². The number of aliphatic hydroxyl groups is 2. The second-order valence-corrected chi connectivity index (χ2v) is 14.4. The summed E-state index contributed by atoms with van der Waals surface area (Å²) < 4.78 is 0. The molecular formula is C35H55N11O19. The van der Waals surface area contributed by atoms with Crippen LogP contribution in [0.3, 0.4) is 0 Å². The summed E-state index contributed by atoms with van der Waals surface area (Å²) >= 11 is 0. The molecule has 30 nitrogen and oxygen atoms in total. The van der Waals surface area contributed by atoms with Gasteiger partial charge in [0.25, 0.3) is 0 Å². The highest BCUT2D eigenvalue weighted by Gasteiger charge is 2.36. The third-order valence-corrected chi connectivity index (χ3v) is 8.62. The minimum atomic E-state index is -2.13. The first-order valence-electron chi connectivity index (χ1n) is 19.2. The van der Waals surface area contributed by atoms with Crippen molar-refractivity contribution in [2.75, 3.05) is 0 Å². The van der Waals surface area contributed by atoms with Gasteiger partial charge in [0.05, 0.1) is 31.5 Å². The van der Waals surface area contributed by atoms with Crippen LogP contribution in [0.2, 0.25) is 0 Å². The van der Waals surface area contributed by atoms with Gasteiger partial charge in [-0.3, -0.25) is 67.1 Å². The second kappa shape index (κ2) is 27.5. The van der Waals surface area contributed by atoms with Crippen LogP contribution < -0.4 is 59.7 Å². The molecule has 0 spiro atoms. The highest BCUT2D eigenvalue weighted by atomic mass is 16.4.